The van der Waals surface area contributed by atoms with Crippen molar-refractivity contribution in [1.29, 1.82) is 0 Å². The maximum Gasteiger partial charge on any atom is 0.280 e. The Labute approximate surface area is 102 Å². The minimum atomic E-state index is -2.57. The van der Waals surface area contributed by atoms with Gasteiger partial charge in [0.05, 0.1) is 0 Å². The molecule has 0 radical (unpaired) electrons. The SMILES string of the molecule is FC(F)c1ccc2nc(-c3ccccc3)[nH]c2n1. The van der Waals surface area contributed by atoms with Crippen LogP contribution < -0.4 is 0 Å². The number of benzene rings is 1. The van der Waals surface area contributed by atoms with E-state index >= 15 is 0 Å². The average molecular weight is 245 g/mol. The first-order valence-corrected chi connectivity index (χ1v) is 5.44. The number of nitrogens with zero attached hydrogens (tertiary/aromatic N) is 2. The van der Waals surface area contributed by atoms with Gasteiger partial charge < -0.3 is 4.98 Å². The maximum atomic E-state index is 12.5. The highest BCUT2D eigenvalue weighted by Crippen LogP contribution is 2.22. The third kappa shape index (κ3) is 1.84. The molecule has 0 aliphatic rings. The van der Waals surface area contributed by atoms with E-state index in [0.717, 1.165) is 5.56 Å². The number of nitrogens with one attached hydrogen (secondary N) is 1. The number of rotatable bonds is 2. The van der Waals surface area contributed by atoms with Crippen molar-refractivity contribution in [3.05, 3.63) is 48.2 Å². The zero-order chi connectivity index (χ0) is 12.5. The lowest BCUT2D eigenvalue weighted by atomic mass is 10.2. The molecule has 0 saturated heterocycles. The first-order chi connectivity index (χ1) is 8.74. The highest BCUT2D eigenvalue weighted by molar-refractivity contribution is 5.75. The van der Waals surface area contributed by atoms with Crippen LogP contribution in [0.15, 0.2) is 42.5 Å². The van der Waals surface area contributed by atoms with Crippen molar-refractivity contribution < 1.29 is 8.78 Å². The van der Waals surface area contributed by atoms with Crippen molar-refractivity contribution in [2.45, 2.75) is 6.43 Å². The molecule has 3 nitrogen and oxygen atoms in total. The van der Waals surface area contributed by atoms with Crippen LogP contribution in [0.3, 0.4) is 0 Å². The van der Waals surface area contributed by atoms with Gasteiger partial charge in [0.25, 0.3) is 6.43 Å². The van der Waals surface area contributed by atoms with Crippen LogP contribution in [0.5, 0.6) is 0 Å². The Morgan fingerprint density at radius 2 is 1.72 bits per heavy atom. The lowest BCUT2D eigenvalue weighted by Crippen LogP contribution is -1.89. The van der Waals surface area contributed by atoms with E-state index in [1.54, 1.807) is 6.07 Å². The number of pyridine rings is 1. The molecule has 0 bridgehead atoms. The first-order valence-electron chi connectivity index (χ1n) is 5.44. The molecule has 2 heterocycles. The minimum Gasteiger partial charge on any atom is -0.323 e. The first kappa shape index (κ1) is 10.8. The van der Waals surface area contributed by atoms with Gasteiger partial charge in [0, 0.05) is 5.56 Å². The van der Waals surface area contributed by atoms with Crippen LogP contribution in [-0.4, -0.2) is 15.0 Å². The molecule has 90 valence electrons. The molecular weight excluding hydrogens is 236 g/mol. The number of alkyl halides is 2. The summed E-state index contributed by atoms with van der Waals surface area (Å²) in [5.74, 6) is 0.629. The van der Waals surface area contributed by atoms with Crippen molar-refractivity contribution in [2.75, 3.05) is 0 Å². The van der Waals surface area contributed by atoms with E-state index in [0.29, 0.717) is 17.0 Å². The second-order valence-electron chi connectivity index (χ2n) is 3.86. The van der Waals surface area contributed by atoms with Gasteiger partial charge in [-0.3, -0.25) is 0 Å². The molecule has 0 unspecified atom stereocenters. The van der Waals surface area contributed by atoms with Crippen molar-refractivity contribution in [2.24, 2.45) is 0 Å². The van der Waals surface area contributed by atoms with Gasteiger partial charge in [0.1, 0.15) is 17.0 Å². The topological polar surface area (TPSA) is 41.6 Å². The third-order valence-corrected chi connectivity index (χ3v) is 2.64. The molecule has 3 rings (SSSR count). The van der Waals surface area contributed by atoms with Crippen LogP contribution in [0.25, 0.3) is 22.6 Å². The molecule has 0 spiro atoms. The lowest BCUT2D eigenvalue weighted by molar-refractivity contribution is 0.146. The Hall–Kier alpha value is -2.30. The predicted molar refractivity (Wildman–Crippen MR) is 64.3 cm³/mol. The number of aromatic nitrogens is 3. The number of H-pyrrole nitrogens is 1. The number of hydrogen-bond acceptors (Lipinski definition) is 2. The molecule has 18 heavy (non-hydrogen) atoms. The van der Waals surface area contributed by atoms with Gasteiger partial charge >= 0.3 is 0 Å². The summed E-state index contributed by atoms with van der Waals surface area (Å²) >= 11 is 0. The monoisotopic (exact) mass is 245 g/mol. The molecule has 0 saturated carbocycles. The molecule has 0 atom stereocenters. The summed E-state index contributed by atoms with van der Waals surface area (Å²) in [6, 6.07) is 12.3. The number of imidazole rings is 1. The summed E-state index contributed by atoms with van der Waals surface area (Å²) in [6.45, 7) is 0. The molecule has 1 N–H and O–H groups in total. The largest absolute Gasteiger partial charge is 0.323 e. The van der Waals surface area contributed by atoms with E-state index in [4.69, 9.17) is 0 Å². The minimum absolute atomic E-state index is 0.245. The molecule has 0 aliphatic heterocycles. The summed E-state index contributed by atoms with van der Waals surface area (Å²) in [5.41, 5.74) is 1.62. The van der Waals surface area contributed by atoms with E-state index in [2.05, 4.69) is 15.0 Å². The molecule has 1 aromatic carbocycles. The Morgan fingerprint density at radius 1 is 0.944 bits per heavy atom. The highest BCUT2D eigenvalue weighted by Gasteiger charge is 2.11. The van der Waals surface area contributed by atoms with Crippen molar-refractivity contribution in [3.8, 4) is 11.4 Å². The third-order valence-electron chi connectivity index (χ3n) is 2.64. The summed E-state index contributed by atoms with van der Waals surface area (Å²) in [7, 11) is 0. The van der Waals surface area contributed by atoms with Crippen LogP contribution in [0.4, 0.5) is 8.78 Å². The zero-order valence-corrected chi connectivity index (χ0v) is 9.27. The quantitative estimate of drug-likeness (QED) is 0.750. The van der Waals surface area contributed by atoms with Crippen molar-refractivity contribution in [3.63, 3.8) is 0 Å². The summed E-state index contributed by atoms with van der Waals surface area (Å²) in [5, 5.41) is 0. The standard InChI is InChI=1S/C13H9F2N3/c14-11(15)9-6-7-10-13(16-9)18-12(17-10)8-4-2-1-3-5-8/h1-7,11H,(H,16,17,18). The second kappa shape index (κ2) is 4.18. The van der Waals surface area contributed by atoms with E-state index in [1.807, 2.05) is 30.3 Å². The number of fused-ring (bicyclic) bond motifs is 1. The van der Waals surface area contributed by atoms with Crippen LogP contribution in [0.1, 0.15) is 12.1 Å². The van der Waals surface area contributed by atoms with Gasteiger partial charge in [-0.25, -0.2) is 18.7 Å². The summed E-state index contributed by atoms with van der Waals surface area (Å²) in [6.07, 6.45) is -2.57. The number of halogens is 2. The molecule has 2 aromatic heterocycles. The van der Waals surface area contributed by atoms with Gasteiger partial charge in [0.15, 0.2) is 5.65 Å². The summed E-state index contributed by atoms with van der Waals surface area (Å²) in [4.78, 5) is 11.1. The van der Waals surface area contributed by atoms with E-state index in [1.165, 1.54) is 6.07 Å². The zero-order valence-electron chi connectivity index (χ0n) is 9.27. The van der Waals surface area contributed by atoms with Gasteiger partial charge in [0.2, 0.25) is 0 Å². The molecule has 0 amide bonds. The normalized spacial score (nSPS) is 11.3. The predicted octanol–water partition coefficient (Wildman–Crippen LogP) is 3.56. The number of aromatic amines is 1. The van der Waals surface area contributed by atoms with E-state index < -0.39 is 6.43 Å². The van der Waals surface area contributed by atoms with Crippen molar-refractivity contribution >= 4 is 11.2 Å². The Morgan fingerprint density at radius 3 is 2.44 bits per heavy atom. The van der Waals surface area contributed by atoms with Crippen LogP contribution in [0.2, 0.25) is 0 Å². The second-order valence-corrected chi connectivity index (χ2v) is 3.86. The fraction of sp³-hybridized carbons (Fsp3) is 0.0769. The Balaban J connectivity index is 2.11. The lowest BCUT2D eigenvalue weighted by Gasteiger charge is -1.96. The molecule has 5 heteroatoms. The van der Waals surface area contributed by atoms with Crippen LogP contribution in [-0.2, 0) is 0 Å². The van der Waals surface area contributed by atoms with Gasteiger partial charge in [-0.05, 0) is 12.1 Å². The van der Waals surface area contributed by atoms with E-state index in [-0.39, 0.29) is 5.69 Å². The Kier molecular flexibility index (Phi) is 2.51. The van der Waals surface area contributed by atoms with Crippen molar-refractivity contribution in [1.82, 2.24) is 15.0 Å². The van der Waals surface area contributed by atoms with Crippen LogP contribution >= 0.6 is 0 Å². The molecule has 0 aliphatic carbocycles. The summed E-state index contributed by atoms with van der Waals surface area (Å²) < 4.78 is 25.1. The smallest absolute Gasteiger partial charge is 0.280 e. The van der Waals surface area contributed by atoms with Crippen LogP contribution in [0, 0.1) is 0 Å². The van der Waals surface area contributed by atoms with Gasteiger partial charge in [-0.15, -0.1) is 0 Å². The van der Waals surface area contributed by atoms with E-state index in [9.17, 15) is 8.78 Å². The fourth-order valence-corrected chi connectivity index (χ4v) is 1.76. The molecular formula is C13H9F2N3. The Bertz CT molecular complexity index is 677. The fourth-order valence-electron chi connectivity index (χ4n) is 1.76. The number of hydrogen-bond donors (Lipinski definition) is 1. The van der Waals surface area contributed by atoms with Gasteiger partial charge in [-0.2, -0.15) is 0 Å². The maximum absolute atomic E-state index is 12.5. The average Bonchev–Trinajstić information content (AvgIpc) is 2.82. The van der Waals surface area contributed by atoms with Gasteiger partial charge in [-0.1, -0.05) is 30.3 Å². The highest BCUT2D eigenvalue weighted by atomic mass is 19.3. The molecule has 0 fully saturated rings. The molecule has 3 aromatic rings.